The van der Waals surface area contributed by atoms with E-state index in [9.17, 15) is 4.79 Å². The largest absolute Gasteiger partial charge is 0.396 e. The fraction of sp³-hybridized carbons (Fsp3) is 0.923. The Bertz CT molecular complexity index is 215. The molecule has 0 saturated carbocycles. The van der Waals surface area contributed by atoms with Crippen molar-refractivity contribution in [1.29, 1.82) is 0 Å². The highest BCUT2D eigenvalue weighted by Gasteiger charge is 2.16. The summed E-state index contributed by atoms with van der Waals surface area (Å²) >= 11 is 0. The Morgan fingerprint density at radius 1 is 1.53 bits per heavy atom. The minimum absolute atomic E-state index is 0.163. The molecule has 1 saturated heterocycles. The normalized spacial score (nSPS) is 20.2. The lowest BCUT2D eigenvalue weighted by Crippen LogP contribution is -2.34. The van der Waals surface area contributed by atoms with Crippen molar-refractivity contribution in [3.63, 3.8) is 0 Å². The molecule has 17 heavy (non-hydrogen) atoms. The molecule has 1 rings (SSSR count). The van der Waals surface area contributed by atoms with Gasteiger partial charge in [0.15, 0.2) is 0 Å². The maximum absolute atomic E-state index is 11.9. The Hall–Kier alpha value is -0.610. The third kappa shape index (κ3) is 5.50. The minimum atomic E-state index is 0.163. The molecule has 1 atom stereocenters. The molecule has 0 aromatic heterocycles. The molecule has 0 aromatic rings. The number of hydrogen-bond acceptors (Lipinski definition) is 3. The molecule has 1 fully saturated rings. The molecule has 0 aromatic carbocycles. The third-order valence-corrected chi connectivity index (χ3v) is 3.49. The number of aliphatic hydroxyl groups excluding tert-OH is 1. The molecular weight excluding hydrogens is 216 g/mol. The summed E-state index contributed by atoms with van der Waals surface area (Å²) in [5.41, 5.74) is 0. The summed E-state index contributed by atoms with van der Waals surface area (Å²) in [6, 6.07) is 0. The lowest BCUT2D eigenvalue weighted by Gasteiger charge is -2.25. The first-order valence-corrected chi connectivity index (χ1v) is 6.87. The van der Waals surface area contributed by atoms with Crippen LogP contribution in [0.1, 0.15) is 39.0 Å². The first-order chi connectivity index (χ1) is 8.27. The van der Waals surface area contributed by atoms with Crippen molar-refractivity contribution in [3.8, 4) is 0 Å². The second kappa shape index (κ2) is 8.48. The van der Waals surface area contributed by atoms with Crippen LogP contribution >= 0.6 is 0 Å². The van der Waals surface area contributed by atoms with Gasteiger partial charge < -0.3 is 15.3 Å². The highest BCUT2D eigenvalue weighted by atomic mass is 16.3. The first kappa shape index (κ1) is 14.5. The number of aliphatic hydroxyl groups is 1. The van der Waals surface area contributed by atoms with Crippen molar-refractivity contribution >= 4 is 5.91 Å². The zero-order valence-electron chi connectivity index (χ0n) is 11.0. The van der Waals surface area contributed by atoms with E-state index >= 15 is 0 Å². The fourth-order valence-electron chi connectivity index (χ4n) is 2.38. The zero-order chi connectivity index (χ0) is 12.5. The summed E-state index contributed by atoms with van der Waals surface area (Å²) in [5, 5.41) is 12.2. The van der Waals surface area contributed by atoms with Crippen LogP contribution in [-0.2, 0) is 4.79 Å². The predicted octanol–water partition coefficient (Wildman–Crippen LogP) is 0.997. The van der Waals surface area contributed by atoms with Crippen LogP contribution in [0, 0.1) is 5.92 Å². The van der Waals surface area contributed by atoms with E-state index in [4.69, 9.17) is 5.11 Å². The topological polar surface area (TPSA) is 52.6 Å². The summed E-state index contributed by atoms with van der Waals surface area (Å²) in [6.45, 7) is 5.79. The number of carbonyl (C=O) groups is 1. The van der Waals surface area contributed by atoms with Crippen LogP contribution in [0.25, 0.3) is 0 Å². The highest BCUT2D eigenvalue weighted by molar-refractivity contribution is 5.76. The van der Waals surface area contributed by atoms with E-state index in [-0.39, 0.29) is 12.5 Å². The van der Waals surface area contributed by atoms with Crippen molar-refractivity contribution < 1.29 is 9.90 Å². The van der Waals surface area contributed by atoms with Gasteiger partial charge in [-0.15, -0.1) is 0 Å². The third-order valence-electron chi connectivity index (χ3n) is 3.49. The van der Waals surface area contributed by atoms with Crippen LogP contribution < -0.4 is 5.32 Å². The minimum Gasteiger partial charge on any atom is -0.396 e. The number of amides is 1. The molecule has 1 amide bonds. The van der Waals surface area contributed by atoms with Crippen LogP contribution in [-0.4, -0.2) is 48.7 Å². The molecule has 0 bridgehead atoms. The van der Waals surface area contributed by atoms with Crippen LogP contribution in [0.15, 0.2) is 0 Å². The van der Waals surface area contributed by atoms with Gasteiger partial charge in [-0.1, -0.05) is 0 Å². The van der Waals surface area contributed by atoms with Crippen LogP contribution in [0.5, 0.6) is 0 Å². The highest BCUT2D eigenvalue weighted by Crippen LogP contribution is 2.16. The van der Waals surface area contributed by atoms with Crippen molar-refractivity contribution in [2.45, 2.75) is 39.0 Å². The van der Waals surface area contributed by atoms with Gasteiger partial charge in [0.2, 0.25) is 5.91 Å². The lowest BCUT2D eigenvalue weighted by atomic mass is 9.94. The molecule has 1 aliphatic rings. The molecule has 0 spiro atoms. The Labute approximate surface area is 104 Å². The van der Waals surface area contributed by atoms with Gasteiger partial charge in [-0.25, -0.2) is 0 Å². The molecule has 100 valence electrons. The molecule has 1 aliphatic heterocycles. The Kier molecular flexibility index (Phi) is 7.21. The van der Waals surface area contributed by atoms with E-state index in [0.29, 0.717) is 25.3 Å². The molecule has 0 aliphatic carbocycles. The van der Waals surface area contributed by atoms with Gasteiger partial charge in [0, 0.05) is 26.1 Å². The second-order valence-electron chi connectivity index (χ2n) is 4.80. The number of rotatable bonds is 7. The predicted molar refractivity (Wildman–Crippen MR) is 68.8 cm³/mol. The molecule has 4 nitrogen and oxygen atoms in total. The van der Waals surface area contributed by atoms with Crippen molar-refractivity contribution in [2.24, 2.45) is 5.92 Å². The van der Waals surface area contributed by atoms with Crippen LogP contribution in [0.4, 0.5) is 0 Å². The zero-order valence-corrected chi connectivity index (χ0v) is 11.0. The standard InChI is InChI=1S/C13H26N2O2/c1-2-15(9-4-10-16)13(17)7-6-12-5-3-8-14-11-12/h12,14,16H,2-11H2,1H3. The number of nitrogens with zero attached hydrogens (tertiary/aromatic N) is 1. The summed E-state index contributed by atoms with van der Waals surface area (Å²) in [5.74, 6) is 0.913. The van der Waals surface area contributed by atoms with Crippen molar-refractivity contribution in [2.75, 3.05) is 32.8 Å². The second-order valence-corrected chi connectivity index (χ2v) is 4.80. The summed E-state index contributed by atoms with van der Waals surface area (Å²) < 4.78 is 0. The van der Waals surface area contributed by atoms with Gasteiger partial charge in [-0.05, 0) is 51.6 Å². The lowest BCUT2D eigenvalue weighted by molar-refractivity contribution is -0.131. The molecule has 2 N–H and O–H groups in total. The van der Waals surface area contributed by atoms with Gasteiger partial charge in [0.1, 0.15) is 0 Å². The van der Waals surface area contributed by atoms with Crippen molar-refractivity contribution in [1.82, 2.24) is 10.2 Å². The molecular formula is C13H26N2O2. The quantitative estimate of drug-likeness (QED) is 0.700. The van der Waals surface area contributed by atoms with E-state index in [1.165, 1.54) is 12.8 Å². The van der Waals surface area contributed by atoms with Gasteiger partial charge in [-0.3, -0.25) is 4.79 Å². The van der Waals surface area contributed by atoms with Gasteiger partial charge in [0.05, 0.1) is 0 Å². The first-order valence-electron chi connectivity index (χ1n) is 6.87. The average Bonchev–Trinajstić information content (AvgIpc) is 2.38. The average molecular weight is 242 g/mol. The summed E-state index contributed by atoms with van der Waals surface area (Å²) in [4.78, 5) is 13.8. The monoisotopic (exact) mass is 242 g/mol. The Morgan fingerprint density at radius 3 is 2.94 bits per heavy atom. The molecule has 1 unspecified atom stereocenters. The maximum Gasteiger partial charge on any atom is 0.222 e. The number of carbonyl (C=O) groups excluding carboxylic acids is 1. The Balaban J connectivity index is 2.21. The van der Waals surface area contributed by atoms with E-state index < -0.39 is 0 Å². The van der Waals surface area contributed by atoms with Gasteiger partial charge >= 0.3 is 0 Å². The number of nitrogens with one attached hydrogen (secondary N) is 1. The van der Waals surface area contributed by atoms with E-state index in [0.717, 1.165) is 26.1 Å². The summed E-state index contributed by atoms with van der Waals surface area (Å²) in [6.07, 6.45) is 4.83. The van der Waals surface area contributed by atoms with E-state index in [1.54, 1.807) is 0 Å². The summed E-state index contributed by atoms with van der Waals surface area (Å²) in [7, 11) is 0. The Morgan fingerprint density at radius 2 is 2.35 bits per heavy atom. The van der Waals surface area contributed by atoms with E-state index in [2.05, 4.69) is 5.32 Å². The van der Waals surface area contributed by atoms with Crippen LogP contribution in [0.3, 0.4) is 0 Å². The number of piperidine rings is 1. The SMILES string of the molecule is CCN(CCCO)C(=O)CCC1CCCNC1. The maximum atomic E-state index is 11.9. The van der Waals surface area contributed by atoms with Crippen molar-refractivity contribution in [3.05, 3.63) is 0 Å². The van der Waals surface area contributed by atoms with Gasteiger partial charge in [-0.2, -0.15) is 0 Å². The smallest absolute Gasteiger partial charge is 0.222 e. The van der Waals surface area contributed by atoms with E-state index in [1.807, 2.05) is 11.8 Å². The molecule has 4 heteroatoms. The van der Waals surface area contributed by atoms with Crippen LogP contribution in [0.2, 0.25) is 0 Å². The van der Waals surface area contributed by atoms with Gasteiger partial charge in [0.25, 0.3) is 0 Å². The molecule has 0 radical (unpaired) electrons. The fourth-order valence-corrected chi connectivity index (χ4v) is 2.38. The number of hydrogen-bond donors (Lipinski definition) is 2. The molecule has 1 heterocycles.